The highest BCUT2D eigenvalue weighted by atomic mass is 16.3. The average Bonchev–Trinajstić information content (AvgIpc) is 3.20. The molecule has 4 heteroatoms. The third-order valence-corrected chi connectivity index (χ3v) is 12.3. The van der Waals surface area contributed by atoms with Crippen LogP contribution in [0.5, 0.6) is 0 Å². The lowest BCUT2D eigenvalue weighted by Gasteiger charge is -2.20. The minimum atomic E-state index is -0.834. The zero-order valence-corrected chi connectivity index (χ0v) is 38.4. The zero-order chi connectivity index (χ0) is 40.7. The lowest BCUT2D eigenvalue weighted by atomic mass is 10.0. The molecule has 0 aromatic carbocycles. The molecule has 0 saturated carbocycles. The maximum absolute atomic E-state index is 12.4. The van der Waals surface area contributed by atoms with E-state index in [-0.39, 0.29) is 12.5 Å². The Bertz CT molecular complexity index is 769. The molecule has 4 nitrogen and oxygen atoms in total. The van der Waals surface area contributed by atoms with Gasteiger partial charge in [-0.05, 0) is 19.3 Å². The predicted octanol–water partition coefficient (Wildman–Crippen LogP) is 16.6. The van der Waals surface area contributed by atoms with Crippen molar-refractivity contribution in [2.75, 3.05) is 6.61 Å². The van der Waals surface area contributed by atoms with Crippen molar-refractivity contribution < 1.29 is 15.0 Å². The molecule has 0 aliphatic rings. The van der Waals surface area contributed by atoms with Crippen molar-refractivity contribution in [3.63, 3.8) is 0 Å². The standard InChI is InChI=1S/C52H103NO3/c1-3-5-7-9-11-13-15-17-19-20-21-22-23-24-25-26-27-28-29-30-31-32-34-36-38-40-42-44-46-48-52(56)53-50(49-54)51(55)47-45-43-41-39-37-35-33-18-16-14-12-10-8-6-4-2/h45,47,50-51,54-55H,3-44,46,48-49H2,1-2H3,(H,53,56)/b47-45+. The van der Waals surface area contributed by atoms with Crippen molar-refractivity contribution in [1.82, 2.24) is 5.32 Å². The second-order valence-electron chi connectivity index (χ2n) is 18.0. The van der Waals surface area contributed by atoms with E-state index in [4.69, 9.17) is 0 Å². The summed E-state index contributed by atoms with van der Waals surface area (Å²) in [6, 6.07) is -0.617. The van der Waals surface area contributed by atoms with E-state index in [0.717, 1.165) is 25.7 Å². The highest BCUT2D eigenvalue weighted by molar-refractivity contribution is 5.76. The monoisotopic (exact) mass is 790 g/mol. The second-order valence-corrected chi connectivity index (χ2v) is 18.0. The number of unbranched alkanes of at least 4 members (excludes halogenated alkanes) is 41. The Labute approximate surface area is 352 Å². The van der Waals surface area contributed by atoms with Crippen LogP contribution in [0.25, 0.3) is 0 Å². The molecule has 1 amide bonds. The van der Waals surface area contributed by atoms with E-state index >= 15 is 0 Å². The number of aliphatic hydroxyl groups is 2. The van der Waals surface area contributed by atoms with Gasteiger partial charge in [0, 0.05) is 6.42 Å². The number of carbonyl (C=O) groups is 1. The fourth-order valence-electron chi connectivity index (χ4n) is 8.30. The molecule has 3 N–H and O–H groups in total. The van der Waals surface area contributed by atoms with E-state index in [1.54, 1.807) is 6.08 Å². The van der Waals surface area contributed by atoms with Crippen molar-refractivity contribution in [2.24, 2.45) is 0 Å². The van der Waals surface area contributed by atoms with Crippen LogP contribution >= 0.6 is 0 Å². The minimum Gasteiger partial charge on any atom is -0.394 e. The highest BCUT2D eigenvalue weighted by Crippen LogP contribution is 2.17. The van der Waals surface area contributed by atoms with Crippen LogP contribution in [-0.2, 0) is 4.79 Å². The summed E-state index contributed by atoms with van der Waals surface area (Å²) in [6.45, 7) is 4.34. The normalized spacial score (nSPS) is 12.9. The maximum Gasteiger partial charge on any atom is 0.220 e. The Kier molecular flexibility index (Phi) is 47.7. The summed E-state index contributed by atoms with van der Waals surface area (Å²) in [7, 11) is 0. The van der Waals surface area contributed by atoms with E-state index in [2.05, 4.69) is 19.2 Å². The molecule has 0 rings (SSSR count). The molecular formula is C52H103NO3. The van der Waals surface area contributed by atoms with Gasteiger partial charge < -0.3 is 15.5 Å². The van der Waals surface area contributed by atoms with Crippen molar-refractivity contribution >= 4 is 5.91 Å². The van der Waals surface area contributed by atoms with Gasteiger partial charge in [0.2, 0.25) is 5.91 Å². The molecule has 0 saturated heterocycles. The van der Waals surface area contributed by atoms with Gasteiger partial charge >= 0.3 is 0 Å². The second kappa shape index (κ2) is 48.5. The number of hydrogen-bond donors (Lipinski definition) is 3. The van der Waals surface area contributed by atoms with Gasteiger partial charge in [0.05, 0.1) is 18.8 Å². The molecule has 0 fully saturated rings. The highest BCUT2D eigenvalue weighted by Gasteiger charge is 2.18. The predicted molar refractivity (Wildman–Crippen MR) is 249 cm³/mol. The van der Waals surface area contributed by atoms with Crippen LogP contribution < -0.4 is 5.32 Å². The molecule has 0 bridgehead atoms. The SMILES string of the molecule is CCCCCCCCCCCCCCC/C=C/C(O)C(CO)NC(=O)CCCCCCCCCCCCCCCCCCCCCCCCCCCCCCC. The third kappa shape index (κ3) is 44.2. The summed E-state index contributed by atoms with van der Waals surface area (Å²) >= 11 is 0. The molecule has 0 radical (unpaired) electrons. The molecule has 56 heavy (non-hydrogen) atoms. The van der Waals surface area contributed by atoms with Crippen molar-refractivity contribution in [3.05, 3.63) is 12.2 Å². The lowest BCUT2D eigenvalue weighted by molar-refractivity contribution is -0.123. The van der Waals surface area contributed by atoms with Gasteiger partial charge in [0.25, 0.3) is 0 Å². The Hall–Kier alpha value is -0.870. The minimum absolute atomic E-state index is 0.0574. The van der Waals surface area contributed by atoms with E-state index in [1.807, 2.05) is 6.08 Å². The van der Waals surface area contributed by atoms with Crippen LogP contribution in [0.2, 0.25) is 0 Å². The van der Waals surface area contributed by atoms with Gasteiger partial charge in [-0.3, -0.25) is 4.79 Å². The topological polar surface area (TPSA) is 69.6 Å². The summed E-state index contributed by atoms with van der Waals surface area (Å²) in [5.41, 5.74) is 0. The average molecular weight is 790 g/mol. The smallest absolute Gasteiger partial charge is 0.220 e. The summed E-state index contributed by atoms with van der Waals surface area (Å²) in [4.78, 5) is 12.4. The fourth-order valence-corrected chi connectivity index (χ4v) is 8.30. The van der Waals surface area contributed by atoms with Gasteiger partial charge in [0.15, 0.2) is 0 Å². The Morgan fingerprint density at radius 3 is 0.929 bits per heavy atom. The molecular weight excluding hydrogens is 687 g/mol. The van der Waals surface area contributed by atoms with E-state index in [0.29, 0.717) is 6.42 Å². The molecule has 334 valence electrons. The lowest BCUT2D eigenvalue weighted by Crippen LogP contribution is -2.45. The molecule has 0 aliphatic heterocycles. The number of allylic oxidation sites excluding steroid dienone is 1. The van der Waals surface area contributed by atoms with Gasteiger partial charge in [-0.1, -0.05) is 283 Å². The molecule has 0 aliphatic carbocycles. The summed E-state index contributed by atoms with van der Waals surface area (Å²) in [5, 5.41) is 23.1. The molecule has 0 aromatic rings. The molecule has 2 atom stereocenters. The molecule has 0 aromatic heterocycles. The Morgan fingerprint density at radius 2 is 0.661 bits per heavy atom. The molecule has 0 heterocycles. The largest absolute Gasteiger partial charge is 0.394 e. The summed E-state index contributed by atoms with van der Waals surface area (Å²) in [5.74, 6) is -0.0574. The number of nitrogens with one attached hydrogen (secondary N) is 1. The van der Waals surface area contributed by atoms with Crippen LogP contribution in [0, 0.1) is 0 Å². The summed E-state index contributed by atoms with van der Waals surface area (Å²) < 4.78 is 0. The fraction of sp³-hybridized carbons (Fsp3) is 0.942. The number of hydrogen-bond acceptors (Lipinski definition) is 3. The van der Waals surface area contributed by atoms with Crippen LogP contribution in [-0.4, -0.2) is 34.9 Å². The van der Waals surface area contributed by atoms with Gasteiger partial charge in [0.1, 0.15) is 0 Å². The molecule has 0 spiro atoms. The van der Waals surface area contributed by atoms with Crippen molar-refractivity contribution in [2.45, 2.75) is 309 Å². The number of amides is 1. The number of aliphatic hydroxyl groups excluding tert-OH is 2. The van der Waals surface area contributed by atoms with Gasteiger partial charge in [-0.15, -0.1) is 0 Å². The van der Waals surface area contributed by atoms with Crippen LogP contribution in [0.15, 0.2) is 12.2 Å². The van der Waals surface area contributed by atoms with Crippen molar-refractivity contribution in [1.29, 1.82) is 0 Å². The third-order valence-electron chi connectivity index (χ3n) is 12.3. The van der Waals surface area contributed by atoms with Crippen LogP contribution in [0.1, 0.15) is 296 Å². The maximum atomic E-state index is 12.4. The first-order valence-corrected chi connectivity index (χ1v) is 25.9. The zero-order valence-electron chi connectivity index (χ0n) is 38.4. The first kappa shape index (κ1) is 55.1. The van der Waals surface area contributed by atoms with Gasteiger partial charge in [-0.25, -0.2) is 0 Å². The van der Waals surface area contributed by atoms with Gasteiger partial charge in [-0.2, -0.15) is 0 Å². The van der Waals surface area contributed by atoms with E-state index < -0.39 is 12.1 Å². The van der Waals surface area contributed by atoms with Crippen LogP contribution in [0.3, 0.4) is 0 Å². The van der Waals surface area contributed by atoms with E-state index in [1.165, 1.54) is 250 Å². The number of carbonyl (C=O) groups excluding carboxylic acids is 1. The van der Waals surface area contributed by atoms with Crippen LogP contribution in [0.4, 0.5) is 0 Å². The quantitative estimate of drug-likeness (QED) is 0.0425. The van der Waals surface area contributed by atoms with E-state index in [9.17, 15) is 15.0 Å². The first-order valence-electron chi connectivity index (χ1n) is 25.9. The number of rotatable bonds is 48. The Balaban J connectivity index is 3.42. The first-order chi connectivity index (χ1) is 27.7. The summed E-state index contributed by atoms with van der Waals surface area (Å²) in [6.07, 6.45) is 62.2. The Morgan fingerprint density at radius 1 is 0.411 bits per heavy atom. The molecule has 2 unspecified atom stereocenters. The van der Waals surface area contributed by atoms with Crippen molar-refractivity contribution in [3.8, 4) is 0 Å².